The molecule has 0 bridgehead atoms. The zero-order chi connectivity index (χ0) is 14.5. The standard InChI is InChI=1S/C16H18INO2/c1-12(13-7-3-2-4-8-13)18(16(20)11-17)14-9-5-6-10-15(14)19/h2-4,7-9,12H,5-6,10-11H2,1H3/t12-/m0/s1. The molecule has 1 aromatic rings. The molecule has 1 aromatic carbocycles. The van der Waals surface area contributed by atoms with Gasteiger partial charge < -0.3 is 4.90 Å². The van der Waals surface area contributed by atoms with E-state index in [4.69, 9.17) is 0 Å². The lowest BCUT2D eigenvalue weighted by atomic mass is 9.99. The molecule has 20 heavy (non-hydrogen) atoms. The topological polar surface area (TPSA) is 37.4 Å². The van der Waals surface area contributed by atoms with Crippen molar-refractivity contribution in [2.75, 3.05) is 4.43 Å². The Morgan fingerprint density at radius 3 is 2.65 bits per heavy atom. The maximum absolute atomic E-state index is 12.3. The SMILES string of the molecule is C[C@@H](c1ccccc1)N(C(=O)CI)C1=CCCCC1=O. The van der Waals surface area contributed by atoms with E-state index in [2.05, 4.69) is 22.6 Å². The second kappa shape index (κ2) is 7.02. The molecule has 1 aliphatic rings. The summed E-state index contributed by atoms with van der Waals surface area (Å²) in [5, 5.41) is 0. The number of benzene rings is 1. The number of rotatable bonds is 4. The molecule has 4 heteroatoms. The van der Waals surface area contributed by atoms with Gasteiger partial charge in [0.25, 0.3) is 0 Å². The molecule has 3 nitrogen and oxygen atoms in total. The number of hydrogen-bond acceptors (Lipinski definition) is 2. The van der Waals surface area contributed by atoms with Gasteiger partial charge in [-0.1, -0.05) is 59.0 Å². The molecule has 0 spiro atoms. The summed E-state index contributed by atoms with van der Waals surface area (Å²) in [6.45, 7) is 1.97. The van der Waals surface area contributed by atoms with E-state index in [9.17, 15) is 9.59 Å². The van der Waals surface area contributed by atoms with Gasteiger partial charge in [0.05, 0.1) is 16.2 Å². The van der Waals surface area contributed by atoms with Gasteiger partial charge in [0.2, 0.25) is 5.91 Å². The fraction of sp³-hybridized carbons (Fsp3) is 0.375. The lowest BCUT2D eigenvalue weighted by molar-refractivity contribution is -0.131. The van der Waals surface area contributed by atoms with Crippen LogP contribution in [-0.4, -0.2) is 21.0 Å². The van der Waals surface area contributed by atoms with Gasteiger partial charge in [-0.25, -0.2) is 0 Å². The first kappa shape index (κ1) is 15.2. The Morgan fingerprint density at radius 2 is 2.05 bits per heavy atom. The summed E-state index contributed by atoms with van der Waals surface area (Å²) >= 11 is 2.05. The van der Waals surface area contributed by atoms with Crippen LogP contribution in [0.25, 0.3) is 0 Å². The molecule has 0 heterocycles. The van der Waals surface area contributed by atoms with Gasteiger partial charge in [0.15, 0.2) is 5.78 Å². The minimum Gasteiger partial charge on any atom is -0.301 e. The quantitative estimate of drug-likeness (QED) is 0.588. The molecule has 0 aromatic heterocycles. The van der Waals surface area contributed by atoms with Crippen molar-refractivity contribution in [1.29, 1.82) is 0 Å². The molecule has 0 fully saturated rings. The number of halogens is 1. The number of allylic oxidation sites excluding steroid dienone is 2. The molecule has 0 saturated heterocycles. The summed E-state index contributed by atoms with van der Waals surface area (Å²) in [5.41, 5.74) is 1.62. The first-order chi connectivity index (χ1) is 9.65. The summed E-state index contributed by atoms with van der Waals surface area (Å²) in [5.74, 6) is 0.0701. The normalized spacial score (nSPS) is 16.5. The number of ketones is 1. The summed E-state index contributed by atoms with van der Waals surface area (Å²) in [6, 6.07) is 9.72. The molecule has 1 aliphatic carbocycles. The van der Waals surface area contributed by atoms with Gasteiger partial charge in [0, 0.05) is 6.42 Å². The van der Waals surface area contributed by atoms with Crippen molar-refractivity contribution in [2.24, 2.45) is 0 Å². The largest absolute Gasteiger partial charge is 0.301 e. The maximum Gasteiger partial charge on any atom is 0.237 e. The Balaban J connectivity index is 2.35. The smallest absolute Gasteiger partial charge is 0.237 e. The van der Waals surface area contributed by atoms with Crippen LogP contribution in [0.3, 0.4) is 0 Å². The Hall–Kier alpha value is -1.17. The van der Waals surface area contributed by atoms with Gasteiger partial charge in [-0.05, 0) is 25.3 Å². The van der Waals surface area contributed by atoms with Crippen LogP contribution in [0, 0.1) is 0 Å². The summed E-state index contributed by atoms with van der Waals surface area (Å²) < 4.78 is 0.375. The highest BCUT2D eigenvalue weighted by Crippen LogP contribution is 2.28. The van der Waals surface area contributed by atoms with Crippen molar-refractivity contribution < 1.29 is 9.59 Å². The molecule has 0 N–H and O–H groups in total. The number of Topliss-reactive ketones (excluding diaryl/α,β-unsaturated/α-hetero) is 1. The van der Waals surface area contributed by atoms with Crippen LogP contribution in [0.5, 0.6) is 0 Å². The van der Waals surface area contributed by atoms with Crippen molar-refractivity contribution in [1.82, 2.24) is 4.90 Å². The molecule has 0 radical (unpaired) electrons. The highest BCUT2D eigenvalue weighted by Gasteiger charge is 2.29. The maximum atomic E-state index is 12.3. The molecular weight excluding hydrogens is 365 g/mol. The van der Waals surface area contributed by atoms with Gasteiger partial charge in [-0.15, -0.1) is 0 Å². The minimum atomic E-state index is -0.119. The van der Waals surface area contributed by atoms with Crippen LogP contribution in [-0.2, 0) is 9.59 Å². The zero-order valence-electron chi connectivity index (χ0n) is 11.5. The average Bonchev–Trinajstić information content (AvgIpc) is 2.50. The number of carbonyl (C=O) groups excluding carboxylic acids is 2. The molecule has 1 atom stereocenters. The molecule has 106 valence electrons. The van der Waals surface area contributed by atoms with Crippen molar-refractivity contribution in [3.63, 3.8) is 0 Å². The van der Waals surface area contributed by atoms with E-state index in [1.165, 1.54) is 0 Å². The fourth-order valence-corrected chi connectivity index (χ4v) is 2.85. The molecule has 0 unspecified atom stereocenters. The van der Waals surface area contributed by atoms with E-state index in [1.54, 1.807) is 4.90 Å². The summed E-state index contributed by atoms with van der Waals surface area (Å²) in [7, 11) is 0. The van der Waals surface area contributed by atoms with E-state index >= 15 is 0 Å². The van der Waals surface area contributed by atoms with E-state index in [1.807, 2.05) is 43.3 Å². The summed E-state index contributed by atoms with van der Waals surface area (Å²) in [6.07, 6.45) is 4.20. The Morgan fingerprint density at radius 1 is 1.35 bits per heavy atom. The van der Waals surface area contributed by atoms with Crippen molar-refractivity contribution >= 4 is 34.3 Å². The molecular formula is C16H18INO2. The van der Waals surface area contributed by atoms with Gasteiger partial charge in [-0.3, -0.25) is 9.59 Å². The number of hydrogen-bond donors (Lipinski definition) is 0. The first-order valence-corrected chi connectivity index (χ1v) is 8.34. The van der Waals surface area contributed by atoms with Crippen molar-refractivity contribution in [2.45, 2.75) is 32.2 Å². The highest BCUT2D eigenvalue weighted by atomic mass is 127. The van der Waals surface area contributed by atoms with Crippen molar-refractivity contribution in [3.8, 4) is 0 Å². The van der Waals surface area contributed by atoms with Crippen LogP contribution in [0.4, 0.5) is 0 Å². The van der Waals surface area contributed by atoms with Gasteiger partial charge in [0.1, 0.15) is 0 Å². The number of carbonyl (C=O) groups is 2. The molecule has 0 aliphatic heterocycles. The molecule has 0 saturated carbocycles. The lowest BCUT2D eigenvalue weighted by Crippen LogP contribution is -2.37. The average molecular weight is 383 g/mol. The van der Waals surface area contributed by atoms with Crippen LogP contribution in [0.2, 0.25) is 0 Å². The zero-order valence-corrected chi connectivity index (χ0v) is 13.7. The predicted molar refractivity (Wildman–Crippen MR) is 87.5 cm³/mol. The summed E-state index contributed by atoms with van der Waals surface area (Å²) in [4.78, 5) is 26.1. The second-order valence-electron chi connectivity index (χ2n) is 4.89. The van der Waals surface area contributed by atoms with Crippen molar-refractivity contribution in [3.05, 3.63) is 47.7 Å². The number of nitrogens with zero attached hydrogens (tertiary/aromatic N) is 1. The Kier molecular flexibility index (Phi) is 5.34. The monoisotopic (exact) mass is 383 g/mol. The predicted octanol–water partition coefficient (Wildman–Crippen LogP) is 3.65. The molecule has 1 amide bonds. The van der Waals surface area contributed by atoms with Crippen LogP contribution in [0.1, 0.15) is 37.8 Å². The Bertz CT molecular complexity index is 525. The Labute approximate surface area is 133 Å². The van der Waals surface area contributed by atoms with E-state index in [-0.39, 0.29) is 17.7 Å². The van der Waals surface area contributed by atoms with Crippen LogP contribution >= 0.6 is 22.6 Å². The molecule has 2 rings (SSSR count). The highest BCUT2D eigenvalue weighted by molar-refractivity contribution is 14.1. The lowest BCUT2D eigenvalue weighted by Gasteiger charge is -2.32. The van der Waals surface area contributed by atoms with E-state index in [0.29, 0.717) is 16.5 Å². The van der Waals surface area contributed by atoms with E-state index < -0.39 is 0 Å². The fourth-order valence-electron chi connectivity index (χ4n) is 2.48. The van der Waals surface area contributed by atoms with Crippen LogP contribution in [0.15, 0.2) is 42.1 Å². The third kappa shape index (κ3) is 3.29. The first-order valence-electron chi connectivity index (χ1n) is 6.81. The third-order valence-corrected chi connectivity index (χ3v) is 4.20. The third-order valence-electron chi connectivity index (χ3n) is 3.54. The van der Waals surface area contributed by atoms with Crippen LogP contribution < -0.4 is 0 Å². The van der Waals surface area contributed by atoms with Gasteiger partial charge >= 0.3 is 0 Å². The van der Waals surface area contributed by atoms with E-state index in [0.717, 1.165) is 18.4 Å². The van der Waals surface area contributed by atoms with Gasteiger partial charge in [-0.2, -0.15) is 0 Å². The number of amides is 1. The second-order valence-corrected chi connectivity index (χ2v) is 5.65. The number of alkyl halides is 1. The minimum absolute atomic E-state index is 0.0107.